The molecule has 0 atom stereocenters. The average Bonchev–Trinajstić information content (AvgIpc) is 2.47. The Morgan fingerprint density at radius 2 is 2.23 bits per heavy atom. The first-order valence-electron chi connectivity index (χ1n) is 3.79. The fourth-order valence-corrected chi connectivity index (χ4v) is 1.23. The van der Waals surface area contributed by atoms with Crippen molar-refractivity contribution in [3.05, 3.63) is 22.8 Å². The molecule has 0 fully saturated rings. The number of nitrogens with zero attached hydrogens (tertiary/aromatic N) is 3. The molecule has 0 aliphatic carbocycles. The zero-order valence-corrected chi connectivity index (χ0v) is 8.63. The largest absolute Gasteiger partial charge is 0.383 e. The Kier molecular flexibility index (Phi) is 3.13. The second-order valence-electron chi connectivity index (χ2n) is 2.82. The van der Waals surface area contributed by atoms with Gasteiger partial charge in [-0.2, -0.15) is 0 Å². The minimum absolute atomic E-state index is 0.0973. The van der Waals surface area contributed by atoms with Crippen molar-refractivity contribution in [2.75, 3.05) is 14.1 Å². The van der Waals surface area contributed by atoms with Crippen LogP contribution in [0.5, 0.6) is 0 Å². The zero-order valence-electron chi connectivity index (χ0n) is 7.81. The van der Waals surface area contributed by atoms with Crippen LogP contribution in [0.1, 0.15) is 15.4 Å². The topological polar surface area (TPSA) is 46.1 Å². The van der Waals surface area contributed by atoms with E-state index < -0.39 is 0 Å². The zero-order chi connectivity index (χ0) is 9.84. The Hall–Kier alpha value is -1.23. The summed E-state index contributed by atoms with van der Waals surface area (Å²) in [5, 5.41) is 3.74. The average molecular weight is 197 g/mol. The summed E-state index contributed by atoms with van der Waals surface area (Å²) in [4.78, 5) is 14.1. The number of hydrogen-bond donors (Lipinski definition) is 0. The van der Waals surface area contributed by atoms with Gasteiger partial charge in [0.15, 0.2) is 0 Å². The van der Waals surface area contributed by atoms with E-state index in [1.165, 1.54) is 17.6 Å². The van der Waals surface area contributed by atoms with E-state index in [4.69, 9.17) is 0 Å². The molecule has 0 N–H and O–H groups in total. The van der Waals surface area contributed by atoms with Crippen LogP contribution in [0.4, 0.5) is 0 Å². The highest BCUT2D eigenvalue weighted by Gasteiger charge is 2.09. The van der Waals surface area contributed by atoms with Crippen molar-refractivity contribution in [2.45, 2.75) is 6.92 Å². The lowest BCUT2D eigenvalue weighted by molar-refractivity contribution is 0.104. The van der Waals surface area contributed by atoms with E-state index in [1.54, 1.807) is 11.1 Å². The maximum absolute atomic E-state index is 11.4. The summed E-state index contributed by atoms with van der Waals surface area (Å²) in [5.41, 5.74) is 0.447. The predicted octanol–water partition coefficient (Wildman–Crippen LogP) is 1.10. The first kappa shape index (κ1) is 9.85. The monoisotopic (exact) mass is 197 g/mol. The third-order valence-electron chi connectivity index (χ3n) is 1.41. The fourth-order valence-electron chi connectivity index (χ4n) is 0.755. The van der Waals surface area contributed by atoms with E-state index in [9.17, 15) is 4.79 Å². The minimum Gasteiger partial charge on any atom is -0.383 e. The Morgan fingerprint density at radius 3 is 2.69 bits per heavy atom. The van der Waals surface area contributed by atoms with Gasteiger partial charge in [-0.1, -0.05) is 4.49 Å². The molecular weight excluding hydrogens is 186 g/mol. The highest BCUT2D eigenvalue weighted by molar-refractivity contribution is 7.05. The summed E-state index contributed by atoms with van der Waals surface area (Å²) in [5.74, 6) is -0.0973. The van der Waals surface area contributed by atoms with E-state index in [2.05, 4.69) is 9.59 Å². The van der Waals surface area contributed by atoms with Crippen LogP contribution in [0.2, 0.25) is 0 Å². The van der Waals surface area contributed by atoms with Gasteiger partial charge in [0.2, 0.25) is 5.78 Å². The number of ketones is 1. The summed E-state index contributed by atoms with van der Waals surface area (Å²) in [6.07, 6.45) is 3.19. The second-order valence-corrected chi connectivity index (χ2v) is 3.78. The standard InChI is InChI=1S/C8H11N3OS/c1-6-8(9-10-13-6)7(12)4-5-11(2)3/h4-5H,1-3H3. The lowest BCUT2D eigenvalue weighted by Crippen LogP contribution is -2.04. The Morgan fingerprint density at radius 1 is 1.54 bits per heavy atom. The first-order valence-corrected chi connectivity index (χ1v) is 4.56. The fraction of sp³-hybridized carbons (Fsp3) is 0.375. The second kappa shape index (κ2) is 4.13. The molecule has 13 heavy (non-hydrogen) atoms. The molecule has 0 aliphatic rings. The van der Waals surface area contributed by atoms with Crippen molar-refractivity contribution in [3.63, 3.8) is 0 Å². The Bertz CT molecular complexity index is 330. The third kappa shape index (κ3) is 2.62. The van der Waals surface area contributed by atoms with Crippen molar-refractivity contribution in [2.24, 2.45) is 0 Å². The molecule has 1 aromatic rings. The van der Waals surface area contributed by atoms with E-state index in [-0.39, 0.29) is 5.78 Å². The van der Waals surface area contributed by atoms with Crippen LogP contribution in [0.25, 0.3) is 0 Å². The first-order chi connectivity index (χ1) is 6.11. The molecule has 0 saturated heterocycles. The van der Waals surface area contributed by atoms with Gasteiger partial charge >= 0.3 is 0 Å². The van der Waals surface area contributed by atoms with Gasteiger partial charge in [0.25, 0.3) is 0 Å². The number of aromatic nitrogens is 2. The molecule has 0 amide bonds. The van der Waals surface area contributed by atoms with Crippen LogP contribution in [-0.4, -0.2) is 34.4 Å². The molecule has 0 radical (unpaired) electrons. The number of carbonyl (C=O) groups excluding carboxylic acids is 1. The van der Waals surface area contributed by atoms with Gasteiger partial charge in [-0.15, -0.1) is 5.10 Å². The predicted molar refractivity (Wildman–Crippen MR) is 51.8 cm³/mol. The summed E-state index contributed by atoms with van der Waals surface area (Å²) >= 11 is 1.24. The molecular formula is C8H11N3OS. The van der Waals surface area contributed by atoms with Crippen LogP contribution in [0.15, 0.2) is 12.3 Å². The van der Waals surface area contributed by atoms with Gasteiger partial charge in [0, 0.05) is 26.4 Å². The van der Waals surface area contributed by atoms with Crippen molar-refractivity contribution >= 4 is 17.3 Å². The molecule has 1 aromatic heterocycles. The van der Waals surface area contributed by atoms with Crippen LogP contribution < -0.4 is 0 Å². The summed E-state index contributed by atoms with van der Waals surface area (Å²) < 4.78 is 3.69. The molecule has 1 heterocycles. The molecule has 0 aromatic carbocycles. The van der Waals surface area contributed by atoms with Gasteiger partial charge in [0.05, 0.1) is 4.88 Å². The van der Waals surface area contributed by atoms with Crippen molar-refractivity contribution < 1.29 is 4.79 Å². The normalized spacial score (nSPS) is 10.7. The summed E-state index contributed by atoms with van der Waals surface area (Å²) in [7, 11) is 3.71. The number of rotatable bonds is 3. The molecule has 70 valence electrons. The van der Waals surface area contributed by atoms with Crippen LogP contribution >= 0.6 is 11.5 Å². The molecule has 0 saturated carbocycles. The SMILES string of the molecule is Cc1snnc1C(=O)C=CN(C)C. The van der Waals surface area contributed by atoms with E-state index >= 15 is 0 Å². The van der Waals surface area contributed by atoms with Crippen molar-refractivity contribution in [3.8, 4) is 0 Å². The summed E-state index contributed by atoms with van der Waals surface area (Å²) in [6, 6.07) is 0. The minimum atomic E-state index is -0.0973. The lowest BCUT2D eigenvalue weighted by atomic mass is 10.2. The van der Waals surface area contributed by atoms with Gasteiger partial charge < -0.3 is 4.90 Å². The van der Waals surface area contributed by atoms with Gasteiger partial charge in [-0.05, 0) is 18.5 Å². The number of aryl methyl sites for hydroxylation is 1. The molecule has 0 bridgehead atoms. The number of allylic oxidation sites excluding steroid dienone is 1. The highest BCUT2D eigenvalue weighted by Crippen LogP contribution is 2.08. The summed E-state index contributed by atoms with van der Waals surface area (Å²) in [6.45, 7) is 1.83. The number of hydrogen-bond acceptors (Lipinski definition) is 5. The molecule has 1 rings (SSSR count). The van der Waals surface area contributed by atoms with Crippen LogP contribution in [0.3, 0.4) is 0 Å². The van der Waals surface area contributed by atoms with E-state index in [0.29, 0.717) is 5.69 Å². The maximum Gasteiger partial charge on any atom is 0.208 e. The quantitative estimate of drug-likeness (QED) is 0.538. The van der Waals surface area contributed by atoms with E-state index in [1.807, 2.05) is 21.0 Å². The van der Waals surface area contributed by atoms with Crippen molar-refractivity contribution in [1.29, 1.82) is 0 Å². The molecule has 0 unspecified atom stereocenters. The molecule has 4 nitrogen and oxygen atoms in total. The smallest absolute Gasteiger partial charge is 0.208 e. The van der Waals surface area contributed by atoms with Gasteiger partial charge in [0.1, 0.15) is 5.69 Å². The Labute approximate surface area is 81.0 Å². The van der Waals surface area contributed by atoms with Crippen LogP contribution in [-0.2, 0) is 0 Å². The van der Waals surface area contributed by atoms with Gasteiger partial charge in [-0.3, -0.25) is 4.79 Å². The van der Waals surface area contributed by atoms with Gasteiger partial charge in [-0.25, -0.2) is 0 Å². The highest BCUT2D eigenvalue weighted by atomic mass is 32.1. The maximum atomic E-state index is 11.4. The van der Waals surface area contributed by atoms with Crippen molar-refractivity contribution in [1.82, 2.24) is 14.5 Å². The third-order valence-corrected chi connectivity index (χ3v) is 2.04. The molecule has 5 heteroatoms. The lowest BCUT2D eigenvalue weighted by Gasteiger charge is -2.01. The number of carbonyl (C=O) groups is 1. The molecule has 0 aliphatic heterocycles. The van der Waals surface area contributed by atoms with E-state index in [0.717, 1.165) is 4.88 Å². The molecule has 0 spiro atoms. The Balaban J connectivity index is 2.75. The van der Waals surface area contributed by atoms with Crippen LogP contribution in [0, 0.1) is 6.92 Å².